The van der Waals surface area contributed by atoms with E-state index in [1.807, 2.05) is 6.92 Å². The Morgan fingerprint density at radius 1 is 1.17 bits per heavy atom. The Bertz CT molecular complexity index is 1070. The summed E-state index contributed by atoms with van der Waals surface area (Å²) in [5, 5.41) is 2.66. The lowest BCUT2D eigenvalue weighted by Gasteiger charge is -2.39. The number of benzene rings is 1. The molecule has 0 unspecified atom stereocenters. The van der Waals surface area contributed by atoms with E-state index in [0.29, 0.717) is 18.9 Å². The fourth-order valence-corrected chi connectivity index (χ4v) is 3.07. The van der Waals surface area contributed by atoms with Gasteiger partial charge in [0.2, 0.25) is 0 Å². The summed E-state index contributed by atoms with van der Waals surface area (Å²) in [4.78, 5) is 26.7. The third-order valence-electron chi connectivity index (χ3n) is 4.80. The number of aromatic nitrogens is 3. The van der Waals surface area contributed by atoms with Crippen molar-refractivity contribution >= 4 is 17.5 Å². The van der Waals surface area contributed by atoms with Crippen LogP contribution in [0, 0.1) is 18.6 Å². The highest BCUT2D eigenvalue weighted by molar-refractivity contribution is 5.92. The number of likely N-dealkylation sites (tertiary alicyclic amines) is 1. The zero-order chi connectivity index (χ0) is 20.5. The first-order valence-corrected chi connectivity index (χ1v) is 8.97. The van der Waals surface area contributed by atoms with E-state index in [2.05, 4.69) is 20.3 Å². The fraction of sp³-hybridized carbons (Fsp3) is 0.200. The molecule has 9 heteroatoms. The summed E-state index contributed by atoms with van der Waals surface area (Å²) in [5.41, 5.74) is 7.48. The van der Waals surface area contributed by atoms with Gasteiger partial charge in [-0.3, -0.25) is 5.32 Å². The largest absolute Gasteiger partial charge is 0.396 e. The number of nitrogens with two attached hydrogens (primary N) is 1. The molecule has 1 aliphatic heterocycles. The first-order valence-electron chi connectivity index (χ1n) is 8.97. The van der Waals surface area contributed by atoms with Crippen molar-refractivity contribution in [3.8, 4) is 11.3 Å². The van der Waals surface area contributed by atoms with Crippen LogP contribution in [0.3, 0.4) is 0 Å². The molecule has 0 spiro atoms. The van der Waals surface area contributed by atoms with Crippen LogP contribution in [0.5, 0.6) is 0 Å². The highest BCUT2D eigenvalue weighted by Gasteiger charge is 2.32. The lowest BCUT2D eigenvalue weighted by molar-refractivity contribution is 0.163. The molecule has 0 aliphatic carbocycles. The minimum Gasteiger partial charge on any atom is -0.396 e. The van der Waals surface area contributed by atoms with Gasteiger partial charge in [-0.25, -0.2) is 28.5 Å². The minimum absolute atomic E-state index is 0.116. The molecular formula is C20H18F2N6O. The van der Waals surface area contributed by atoms with Gasteiger partial charge < -0.3 is 10.6 Å². The Labute approximate surface area is 165 Å². The number of rotatable bonds is 3. The van der Waals surface area contributed by atoms with Gasteiger partial charge in [0, 0.05) is 43.0 Å². The molecule has 2 amide bonds. The van der Waals surface area contributed by atoms with E-state index in [-0.39, 0.29) is 34.7 Å². The van der Waals surface area contributed by atoms with Gasteiger partial charge in [0.1, 0.15) is 17.5 Å². The van der Waals surface area contributed by atoms with Crippen molar-refractivity contribution in [2.24, 2.45) is 0 Å². The van der Waals surface area contributed by atoms with E-state index in [1.54, 1.807) is 17.3 Å². The summed E-state index contributed by atoms with van der Waals surface area (Å²) in [6.07, 6.45) is 3.53. The van der Waals surface area contributed by atoms with Crippen molar-refractivity contribution in [3.63, 3.8) is 0 Å². The molecule has 3 heterocycles. The van der Waals surface area contributed by atoms with Gasteiger partial charge in [0.05, 0.1) is 11.4 Å². The average Bonchev–Trinajstić information content (AvgIpc) is 2.64. The number of hydrogen-bond donors (Lipinski definition) is 2. The first-order chi connectivity index (χ1) is 13.9. The van der Waals surface area contributed by atoms with Crippen LogP contribution >= 0.6 is 0 Å². The monoisotopic (exact) mass is 396 g/mol. The molecule has 7 nitrogen and oxygen atoms in total. The second-order valence-corrected chi connectivity index (χ2v) is 6.85. The minimum atomic E-state index is -0.745. The van der Waals surface area contributed by atoms with Gasteiger partial charge in [0.25, 0.3) is 0 Å². The summed E-state index contributed by atoms with van der Waals surface area (Å²) >= 11 is 0. The number of halogens is 2. The van der Waals surface area contributed by atoms with E-state index >= 15 is 0 Å². The maximum atomic E-state index is 14.0. The third kappa shape index (κ3) is 3.84. The molecule has 1 fully saturated rings. The lowest BCUT2D eigenvalue weighted by atomic mass is 9.94. The molecule has 1 aliphatic rings. The molecule has 0 bridgehead atoms. The molecule has 1 aromatic carbocycles. The van der Waals surface area contributed by atoms with Gasteiger partial charge in [-0.05, 0) is 36.8 Å². The summed E-state index contributed by atoms with van der Waals surface area (Å²) in [6.45, 7) is 2.85. The first kappa shape index (κ1) is 18.7. The van der Waals surface area contributed by atoms with Gasteiger partial charge in [-0.2, -0.15) is 0 Å². The predicted octanol–water partition coefficient (Wildman–Crippen LogP) is 3.34. The topological polar surface area (TPSA) is 97.0 Å². The number of pyridine rings is 1. The molecule has 0 saturated carbocycles. The number of carbonyl (C=O) groups excluding carboxylic acids is 1. The number of carbonyl (C=O) groups is 1. The summed E-state index contributed by atoms with van der Waals surface area (Å²) < 4.78 is 27.2. The molecule has 3 aromatic rings. The molecule has 0 radical (unpaired) electrons. The number of aryl methyl sites for hydroxylation is 1. The average molecular weight is 396 g/mol. The molecule has 148 valence electrons. The predicted molar refractivity (Wildman–Crippen MR) is 104 cm³/mol. The van der Waals surface area contributed by atoms with E-state index in [4.69, 9.17) is 5.73 Å². The maximum absolute atomic E-state index is 14.0. The number of nitrogens with zero attached hydrogens (tertiary/aromatic N) is 4. The van der Waals surface area contributed by atoms with Crippen LogP contribution in [-0.4, -0.2) is 39.0 Å². The van der Waals surface area contributed by atoms with Gasteiger partial charge in [-0.1, -0.05) is 0 Å². The molecular weight excluding hydrogens is 378 g/mol. The van der Waals surface area contributed by atoms with Crippen LogP contribution in [0.15, 0.2) is 42.7 Å². The zero-order valence-corrected chi connectivity index (χ0v) is 15.6. The van der Waals surface area contributed by atoms with Gasteiger partial charge in [0.15, 0.2) is 5.82 Å². The smallest absolute Gasteiger partial charge is 0.323 e. The van der Waals surface area contributed by atoms with Crippen molar-refractivity contribution in [1.82, 2.24) is 19.9 Å². The molecule has 3 N–H and O–H groups in total. The Kier molecular flexibility index (Phi) is 4.79. The highest BCUT2D eigenvalue weighted by Crippen LogP contribution is 2.29. The van der Waals surface area contributed by atoms with Crippen LogP contribution < -0.4 is 11.1 Å². The second-order valence-electron chi connectivity index (χ2n) is 6.85. The Morgan fingerprint density at radius 3 is 2.59 bits per heavy atom. The van der Waals surface area contributed by atoms with Crippen molar-refractivity contribution in [2.45, 2.75) is 12.8 Å². The second kappa shape index (κ2) is 7.42. The summed E-state index contributed by atoms with van der Waals surface area (Å²) in [7, 11) is 0. The van der Waals surface area contributed by atoms with Crippen molar-refractivity contribution in [2.75, 3.05) is 24.1 Å². The highest BCUT2D eigenvalue weighted by atomic mass is 19.1. The SMILES string of the molecule is Cc1ncc(C2CN(C(=O)Nc3nc(-c4ccc(F)cc4F)ccc3N)C2)cn1. The van der Waals surface area contributed by atoms with Crippen molar-refractivity contribution < 1.29 is 13.6 Å². The fourth-order valence-electron chi connectivity index (χ4n) is 3.07. The maximum Gasteiger partial charge on any atom is 0.323 e. The van der Waals surface area contributed by atoms with E-state index < -0.39 is 11.6 Å². The molecule has 2 aromatic heterocycles. The van der Waals surface area contributed by atoms with Crippen LogP contribution in [-0.2, 0) is 0 Å². The summed E-state index contributed by atoms with van der Waals surface area (Å²) in [5.74, 6) is -0.432. The van der Waals surface area contributed by atoms with Gasteiger partial charge >= 0.3 is 6.03 Å². The Hall–Kier alpha value is -3.62. The van der Waals surface area contributed by atoms with E-state index in [0.717, 1.165) is 17.7 Å². The number of nitrogen functional groups attached to an aromatic ring is 1. The van der Waals surface area contributed by atoms with E-state index in [9.17, 15) is 13.6 Å². The number of hydrogen-bond acceptors (Lipinski definition) is 5. The number of urea groups is 1. The van der Waals surface area contributed by atoms with Crippen molar-refractivity contribution in [3.05, 3.63) is 65.7 Å². The molecule has 29 heavy (non-hydrogen) atoms. The zero-order valence-electron chi connectivity index (χ0n) is 15.6. The number of nitrogens with one attached hydrogen (secondary N) is 1. The summed E-state index contributed by atoms with van der Waals surface area (Å²) in [6, 6.07) is 5.88. The normalized spacial score (nSPS) is 13.8. The molecule has 1 saturated heterocycles. The van der Waals surface area contributed by atoms with Gasteiger partial charge in [-0.15, -0.1) is 0 Å². The van der Waals surface area contributed by atoms with E-state index in [1.165, 1.54) is 18.2 Å². The van der Waals surface area contributed by atoms with Crippen LogP contribution in [0.1, 0.15) is 17.3 Å². The number of anilines is 2. The molecule has 4 rings (SSSR count). The Morgan fingerprint density at radius 2 is 1.90 bits per heavy atom. The van der Waals surface area contributed by atoms with Crippen LogP contribution in [0.25, 0.3) is 11.3 Å². The van der Waals surface area contributed by atoms with Crippen LogP contribution in [0.2, 0.25) is 0 Å². The Balaban J connectivity index is 1.45. The lowest BCUT2D eigenvalue weighted by Crippen LogP contribution is -2.50. The third-order valence-corrected chi connectivity index (χ3v) is 4.80. The molecule has 0 atom stereocenters. The standard InChI is InChI=1S/C20H18F2N6O/c1-11-24-7-12(8-25-11)13-9-28(10-13)20(29)27-19-17(23)4-5-18(26-19)15-3-2-14(21)6-16(15)22/h2-8,13H,9-10,23H2,1H3,(H,26,27,29). The van der Waals surface area contributed by atoms with Crippen LogP contribution in [0.4, 0.5) is 25.1 Å². The number of amides is 2. The van der Waals surface area contributed by atoms with Crippen molar-refractivity contribution in [1.29, 1.82) is 0 Å². The quantitative estimate of drug-likeness (QED) is 0.708.